The van der Waals surface area contributed by atoms with E-state index in [1.54, 1.807) is 0 Å². The molecule has 0 N–H and O–H groups in total. The fraction of sp³-hybridized carbons (Fsp3) is 1.00. The normalized spacial score (nSPS) is 45.0. The second-order valence-electron chi connectivity index (χ2n) is 4.24. The molecule has 0 aromatic heterocycles. The SMILES string of the molecule is BrC1CCCC2CCCC1C2. The molecule has 3 unspecified atom stereocenters. The van der Waals surface area contributed by atoms with Gasteiger partial charge < -0.3 is 0 Å². The van der Waals surface area contributed by atoms with E-state index in [4.69, 9.17) is 0 Å². The van der Waals surface area contributed by atoms with Crippen molar-refractivity contribution in [1.29, 1.82) is 0 Å². The molecule has 0 aromatic rings. The molecule has 0 aliphatic heterocycles. The summed E-state index contributed by atoms with van der Waals surface area (Å²) in [7, 11) is 0. The van der Waals surface area contributed by atoms with Crippen LogP contribution in [0.5, 0.6) is 0 Å². The molecule has 0 amide bonds. The smallest absolute Gasteiger partial charge is 0.0174 e. The molecule has 0 aromatic carbocycles. The molecule has 2 rings (SSSR count). The van der Waals surface area contributed by atoms with Crippen LogP contribution in [-0.4, -0.2) is 4.83 Å². The van der Waals surface area contributed by atoms with Crippen molar-refractivity contribution in [1.82, 2.24) is 0 Å². The van der Waals surface area contributed by atoms with E-state index in [0.29, 0.717) is 0 Å². The van der Waals surface area contributed by atoms with Crippen molar-refractivity contribution in [3.05, 3.63) is 0 Å². The van der Waals surface area contributed by atoms with Crippen molar-refractivity contribution in [2.24, 2.45) is 11.8 Å². The molecule has 2 bridgehead atoms. The van der Waals surface area contributed by atoms with Crippen LogP contribution in [0.15, 0.2) is 0 Å². The molecular formula is C10H17Br. The Morgan fingerprint density at radius 3 is 2.45 bits per heavy atom. The molecule has 64 valence electrons. The van der Waals surface area contributed by atoms with Gasteiger partial charge in [0.05, 0.1) is 0 Å². The highest BCUT2D eigenvalue weighted by molar-refractivity contribution is 9.09. The molecule has 2 aliphatic carbocycles. The van der Waals surface area contributed by atoms with Crippen LogP contribution in [-0.2, 0) is 0 Å². The number of hydrogen-bond acceptors (Lipinski definition) is 0. The van der Waals surface area contributed by atoms with E-state index in [9.17, 15) is 0 Å². The fourth-order valence-electron chi connectivity index (χ4n) is 2.76. The maximum Gasteiger partial charge on any atom is 0.0174 e. The summed E-state index contributed by atoms with van der Waals surface area (Å²) < 4.78 is 0. The van der Waals surface area contributed by atoms with Crippen molar-refractivity contribution < 1.29 is 0 Å². The van der Waals surface area contributed by atoms with Crippen molar-refractivity contribution >= 4 is 15.9 Å². The van der Waals surface area contributed by atoms with Gasteiger partial charge >= 0.3 is 0 Å². The third-order valence-corrected chi connectivity index (χ3v) is 4.63. The summed E-state index contributed by atoms with van der Waals surface area (Å²) in [6.45, 7) is 0. The topological polar surface area (TPSA) is 0 Å². The van der Waals surface area contributed by atoms with Crippen molar-refractivity contribution in [3.63, 3.8) is 0 Å². The summed E-state index contributed by atoms with van der Waals surface area (Å²) in [5.41, 5.74) is 0. The van der Waals surface area contributed by atoms with E-state index in [0.717, 1.165) is 16.7 Å². The Hall–Kier alpha value is 0.480. The van der Waals surface area contributed by atoms with E-state index in [2.05, 4.69) is 15.9 Å². The van der Waals surface area contributed by atoms with Crippen molar-refractivity contribution in [2.75, 3.05) is 0 Å². The van der Waals surface area contributed by atoms with Gasteiger partial charge in [-0.05, 0) is 31.1 Å². The van der Waals surface area contributed by atoms with Crippen molar-refractivity contribution in [2.45, 2.75) is 49.8 Å². The Morgan fingerprint density at radius 2 is 1.64 bits per heavy atom. The Balaban J connectivity index is 2.02. The third kappa shape index (κ3) is 1.80. The van der Waals surface area contributed by atoms with Crippen molar-refractivity contribution in [3.8, 4) is 0 Å². The van der Waals surface area contributed by atoms with E-state index < -0.39 is 0 Å². The molecule has 3 atom stereocenters. The molecule has 0 radical (unpaired) electrons. The lowest BCUT2D eigenvalue weighted by Crippen LogP contribution is -2.19. The summed E-state index contributed by atoms with van der Waals surface area (Å²) in [6, 6.07) is 0. The van der Waals surface area contributed by atoms with Gasteiger partial charge in [-0.15, -0.1) is 0 Å². The van der Waals surface area contributed by atoms with Gasteiger partial charge in [0.1, 0.15) is 0 Å². The molecule has 0 heterocycles. The third-order valence-electron chi connectivity index (χ3n) is 3.43. The molecule has 2 saturated carbocycles. The predicted molar refractivity (Wildman–Crippen MR) is 52.0 cm³/mol. The number of alkyl halides is 1. The second kappa shape index (κ2) is 3.47. The molecule has 0 saturated heterocycles. The highest BCUT2D eigenvalue weighted by atomic mass is 79.9. The zero-order valence-electron chi connectivity index (χ0n) is 7.06. The first kappa shape index (κ1) is 8.10. The van der Waals surface area contributed by atoms with Crippen LogP contribution >= 0.6 is 15.9 Å². The minimum atomic E-state index is 0.854. The first-order valence-corrected chi connectivity index (χ1v) is 5.92. The van der Waals surface area contributed by atoms with Crippen LogP contribution in [0, 0.1) is 11.8 Å². The summed E-state index contributed by atoms with van der Waals surface area (Å²) >= 11 is 3.83. The van der Waals surface area contributed by atoms with Gasteiger partial charge in [-0.3, -0.25) is 0 Å². The van der Waals surface area contributed by atoms with Gasteiger partial charge in [0.15, 0.2) is 0 Å². The summed E-state index contributed by atoms with van der Waals surface area (Å²) in [5.74, 6) is 2.12. The highest BCUT2D eigenvalue weighted by Gasteiger charge is 2.29. The van der Waals surface area contributed by atoms with Gasteiger partial charge in [-0.25, -0.2) is 0 Å². The van der Waals surface area contributed by atoms with Crippen LogP contribution in [0.25, 0.3) is 0 Å². The number of rotatable bonds is 0. The van der Waals surface area contributed by atoms with Gasteiger partial charge in [0.25, 0.3) is 0 Å². The predicted octanol–water partition coefficient (Wildman–Crippen LogP) is 3.74. The molecule has 1 heteroatoms. The minimum Gasteiger partial charge on any atom is -0.0888 e. The average Bonchev–Trinajstić information content (AvgIpc) is 2.14. The van der Waals surface area contributed by atoms with Crippen LogP contribution < -0.4 is 0 Å². The maximum absolute atomic E-state index is 3.83. The Kier molecular flexibility index (Phi) is 2.55. The number of hydrogen-bond donors (Lipinski definition) is 0. The van der Waals surface area contributed by atoms with Gasteiger partial charge in [0.2, 0.25) is 0 Å². The zero-order chi connectivity index (χ0) is 7.68. The summed E-state index contributed by atoms with van der Waals surface area (Å²) in [5, 5.41) is 0. The average molecular weight is 217 g/mol. The number of halogens is 1. The molecular weight excluding hydrogens is 200 g/mol. The monoisotopic (exact) mass is 216 g/mol. The lowest BCUT2D eigenvalue weighted by Gasteiger charge is -2.28. The molecule has 0 spiro atoms. The lowest BCUT2D eigenvalue weighted by atomic mass is 9.81. The Bertz CT molecular complexity index is 131. The highest BCUT2D eigenvalue weighted by Crippen LogP contribution is 2.40. The van der Waals surface area contributed by atoms with Gasteiger partial charge in [0, 0.05) is 4.83 Å². The number of fused-ring (bicyclic) bond motifs is 2. The van der Waals surface area contributed by atoms with Crippen LogP contribution in [0.3, 0.4) is 0 Å². The van der Waals surface area contributed by atoms with E-state index in [-0.39, 0.29) is 0 Å². The zero-order valence-corrected chi connectivity index (χ0v) is 8.65. The van der Waals surface area contributed by atoms with Crippen LogP contribution in [0.1, 0.15) is 44.9 Å². The quantitative estimate of drug-likeness (QED) is 0.542. The fourth-order valence-corrected chi connectivity index (χ4v) is 3.56. The van der Waals surface area contributed by atoms with Crippen LogP contribution in [0.4, 0.5) is 0 Å². The summed E-state index contributed by atoms with van der Waals surface area (Å²) in [4.78, 5) is 0.854. The van der Waals surface area contributed by atoms with Crippen LogP contribution in [0.2, 0.25) is 0 Å². The Labute approximate surface area is 77.9 Å². The molecule has 2 aliphatic rings. The first-order valence-electron chi connectivity index (χ1n) is 5.00. The first-order chi connectivity index (χ1) is 5.36. The molecule has 11 heavy (non-hydrogen) atoms. The van der Waals surface area contributed by atoms with Gasteiger partial charge in [-0.2, -0.15) is 0 Å². The summed E-state index contributed by atoms with van der Waals surface area (Å²) in [6.07, 6.45) is 10.5. The molecule has 2 fully saturated rings. The maximum atomic E-state index is 3.83. The lowest BCUT2D eigenvalue weighted by molar-refractivity contribution is 0.277. The van der Waals surface area contributed by atoms with E-state index in [1.807, 2.05) is 0 Å². The van der Waals surface area contributed by atoms with Gasteiger partial charge in [-0.1, -0.05) is 41.6 Å². The Morgan fingerprint density at radius 1 is 0.909 bits per heavy atom. The second-order valence-corrected chi connectivity index (χ2v) is 5.42. The standard InChI is InChI=1S/C10H17Br/c11-10-6-2-4-8-3-1-5-9(10)7-8/h8-10H,1-7H2. The van der Waals surface area contributed by atoms with E-state index >= 15 is 0 Å². The molecule has 0 nitrogen and oxygen atoms in total. The minimum absolute atomic E-state index is 0.854. The largest absolute Gasteiger partial charge is 0.0888 e. The van der Waals surface area contributed by atoms with E-state index in [1.165, 1.54) is 44.9 Å².